The minimum Gasteiger partial charge on any atom is -0.450 e. The van der Waals surface area contributed by atoms with Gasteiger partial charge >= 0.3 is 6.09 Å². The second-order valence-corrected chi connectivity index (χ2v) is 6.84. The molecule has 0 unspecified atom stereocenters. The summed E-state index contributed by atoms with van der Waals surface area (Å²) in [6.07, 6.45) is 1.74. The van der Waals surface area contributed by atoms with Gasteiger partial charge in [-0.15, -0.1) is 11.3 Å². The highest BCUT2D eigenvalue weighted by atomic mass is 32.1. The number of aliphatic imine (C=N–C) groups is 1. The predicted molar refractivity (Wildman–Crippen MR) is 101 cm³/mol. The molecule has 1 amide bonds. The van der Waals surface area contributed by atoms with E-state index in [9.17, 15) is 4.79 Å². The highest BCUT2D eigenvalue weighted by molar-refractivity contribution is 7.09. The van der Waals surface area contributed by atoms with Crippen LogP contribution in [0.2, 0.25) is 0 Å². The summed E-state index contributed by atoms with van der Waals surface area (Å²) in [5, 5.41) is 6.62. The third-order valence-corrected chi connectivity index (χ3v) is 4.94. The maximum absolute atomic E-state index is 11.8. The number of amides is 1. The smallest absolute Gasteiger partial charge is 0.409 e. The lowest BCUT2D eigenvalue weighted by Gasteiger charge is -2.35. The normalized spacial score (nSPS) is 15.4. The highest BCUT2D eigenvalue weighted by Gasteiger charge is 2.23. The Morgan fingerprint density at radius 1 is 1.32 bits per heavy atom. The van der Waals surface area contributed by atoms with E-state index < -0.39 is 0 Å². The van der Waals surface area contributed by atoms with Crippen LogP contribution in [-0.4, -0.2) is 72.7 Å². The molecule has 2 heterocycles. The minimum absolute atomic E-state index is 0.220. The molecule has 0 saturated carbocycles. The van der Waals surface area contributed by atoms with Crippen LogP contribution >= 0.6 is 11.3 Å². The molecule has 1 aliphatic rings. The SMILES string of the molecule is CCNC(=NCCCc1nc(C)cs1)N1CCN(C(=O)OCC)CC1. The van der Waals surface area contributed by atoms with Crippen LogP contribution in [0.25, 0.3) is 0 Å². The van der Waals surface area contributed by atoms with E-state index in [1.165, 1.54) is 5.01 Å². The molecule has 1 N–H and O–H groups in total. The van der Waals surface area contributed by atoms with Crippen LogP contribution in [0.15, 0.2) is 10.4 Å². The Kier molecular flexibility index (Phi) is 7.97. The fraction of sp³-hybridized carbons (Fsp3) is 0.706. The Morgan fingerprint density at radius 3 is 2.64 bits per heavy atom. The van der Waals surface area contributed by atoms with Gasteiger partial charge in [0.15, 0.2) is 5.96 Å². The molecule has 1 saturated heterocycles. The molecular weight excluding hydrogens is 338 g/mol. The van der Waals surface area contributed by atoms with Crippen LogP contribution in [0, 0.1) is 6.92 Å². The monoisotopic (exact) mass is 367 g/mol. The summed E-state index contributed by atoms with van der Waals surface area (Å²) >= 11 is 1.72. The van der Waals surface area contributed by atoms with Crippen LogP contribution in [0.4, 0.5) is 4.79 Å². The Balaban J connectivity index is 1.80. The second-order valence-electron chi connectivity index (χ2n) is 5.89. The van der Waals surface area contributed by atoms with E-state index in [-0.39, 0.29) is 6.09 Å². The molecule has 0 spiro atoms. The number of piperazine rings is 1. The molecule has 25 heavy (non-hydrogen) atoms. The zero-order valence-corrected chi connectivity index (χ0v) is 16.3. The lowest BCUT2D eigenvalue weighted by atomic mass is 10.3. The number of nitrogens with one attached hydrogen (secondary N) is 1. The predicted octanol–water partition coefficient (Wildman–Crippen LogP) is 2.12. The average Bonchev–Trinajstić information content (AvgIpc) is 3.03. The summed E-state index contributed by atoms with van der Waals surface area (Å²) in [7, 11) is 0. The second kappa shape index (κ2) is 10.2. The van der Waals surface area contributed by atoms with Gasteiger partial charge in [0, 0.05) is 56.8 Å². The van der Waals surface area contributed by atoms with Gasteiger partial charge in [-0.2, -0.15) is 0 Å². The summed E-state index contributed by atoms with van der Waals surface area (Å²) in [5.74, 6) is 0.932. The number of carbonyl (C=O) groups is 1. The van der Waals surface area contributed by atoms with Crippen molar-refractivity contribution in [1.29, 1.82) is 0 Å². The minimum atomic E-state index is -0.220. The van der Waals surface area contributed by atoms with Crippen molar-refractivity contribution in [3.8, 4) is 0 Å². The maximum Gasteiger partial charge on any atom is 0.409 e. The molecule has 0 aliphatic carbocycles. The van der Waals surface area contributed by atoms with Crippen molar-refractivity contribution in [3.05, 3.63) is 16.1 Å². The van der Waals surface area contributed by atoms with E-state index in [1.54, 1.807) is 16.2 Å². The van der Waals surface area contributed by atoms with Crippen molar-refractivity contribution < 1.29 is 9.53 Å². The van der Waals surface area contributed by atoms with Crippen molar-refractivity contribution in [2.75, 3.05) is 45.9 Å². The fourth-order valence-corrected chi connectivity index (χ4v) is 3.49. The van der Waals surface area contributed by atoms with Gasteiger partial charge in [0.2, 0.25) is 0 Å². The first-order chi connectivity index (χ1) is 12.1. The molecule has 1 aromatic heterocycles. The molecule has 0 radical (unpaired) electrons. The van der Waals surface area contributed by atoms with E-state index in [0.29, 0.717) is 19.7 Å². The summed E-state index contributed by atoms with van der Waals surface area (Å²) in [4.78, 5) is 25.0. The van der Waals surface area contributed by atoms with E-state index in [4.69, 9.17) is 9.73 Å². The van der Waals surface area contributed by atoms with Gasteiger partial charge < -0.3 is 19.9 Å². The number of rotatable bonds is 6. The van der Waals surface area contributed by atoms with Crippen molar-refractivity contribution in [2.24, 2.45) is 4.99 Å². The first kappa shape index (κ1) is 19.5. The topological polar surface area (TPSA) is 70.1 Å². The van der Waals surface area contributed by atoms with Gasteiger partial charge in [-0.1, -0.05) is 0 Å². The van der Waals surface area contributed by atoms with Crippen molar-refractivity contribution >= 4 is 23.4 Å². The van der Waals surface area contributed by atoms with E-state index in [1.807, 2.05) is 13.8 Å². The van der Waals surface area contributed by atoms with Gasteiger partial charge in [-0.3, -0.25) is 4.99 Å². The van der Waals surface area contributed by atoms with Crippen LogP contribution in [0.5, 0.6) is 0 Å². The first-order valence-electron chi connectivity index (χ1n) is 9.00. The van der Waals surface area contributed by atoms with Crippen molar-refractivity contribution in [1.82, 2.24) is 20.1 Å². The lowest BCUT2D eigenvalue weighted by molar-refractivity contribution is 0.0914. The molecule has 2 rings (SSSR count). The van der Waals surface area contributed by atoms with Gasteiger partial charge in [0.05, 0.1) is 11.6 Å². The van der Waals surface area contributed by atoms with E-state index in [0.717, 1.165) is 50.7 Å². The summed E-state index contributed by atoms with van der Waals surface area (Å²) in [5.41, 5.74) is 1.09. The molecular formula is C17H29N5O2S. The third kappa shape index (κ3) is 6.19. The summed E-state index contributed by atoms with van der Waals surface area (Å²) < 4.78 is 5.07. The lowest BCUT2D eigenvalue weighted by Crippen LogP contribution is -2.53. The number of thiazole rings is 1. The highest BCUT2D eigenvalue weighted by Crippen LogP contribution is 2.11. The van der Waals surface area contributed by atoms with Crippen LogP contribution in [-0.2, 0) is 11.2 Å². The number of aromatic nitrogens is 1. The Hall–Kier alpha value is -1.83. The Labute approximate surface area is 154 Å². The Bertz CT molecular complexity index is 567. The van der Waals surface area contributed by atoms with E-state index >= 15 is 0 Å². The van der Waals surface area contributed by atoms with Crippen LogP contribution in [0.1, 0.15) is 31.0 Å². The largest absolute Gasteiger partial charge is 0.450 e. The van der Waals surface area contributed by atoms with Gasteiger partial charge in [-0.25, -0.2) is 9.78 Å². The molecule has 7 nitrogen and oxygen atoms in total. The fourth-order valence-electron chi connectivity index (χ4n) is 2.67. The average molecular weight is 368 g/mol. The molecule has 0 aromatic carbocycles. The summed E-state index contributed by atoms with van der Waals surface area (Å²) in [6, 6.07) is 0. The molecule has 1 aromatic rings. The number of hydrogen-bond donors (Lipinski definition) is 1. The number of ether oxygens (including phenoxy) is 1. The Morgan fingerprint density at radius 2 is 2.04 bits per heavy atom. The van der Waals surface area contributed by atoms with E-state index in [2.05, 4.69) is 27.5 Å². The molecule has 8 heteroatoms. The zero-order valence-electron chi connectivity index (χ0n) is 15.5. The molecule has 0 bridgehead atoms. The van der Waals surface area contributed by atoms with Gasteiger partial charge in [0.1, 0.15) is 0 Å². The van der Waals surface area contributed by atoms with Gasteiger partial charge in [-0.05, 0) is 27.2 Å². The van der Waals surface area contributed by atoms with Crippen LogP contribution in [0.3, 0.4) is 0 Å². The maximum atomic E-state index is 11.8. The van der Waals surface area contributed by atoms with Crippen molar-refractivity contribution in [3.63, 3.8) is 0 Å². The molecule has 1 fully saturated rings. The molecule has 140 valence electrons. The quantitative estimate of drug-likeness (QED) is 0.474. The number of hydrogen-bond acceptors (Lipinski definition) is 5. The standard InChI is InChI=1S/C17H29N5O2S/c1-4-18-16(19-8-6-7-15-20-14(3)13-25-15)21-9-11-22(12-10-21)17(23)24-5-2/h13H,4-12H2,1-3H3,(H,18,19). The molecule has 0 atom stereocenters. The number of aryl methyl sites for hydroxylation is 2. The third-order valence-electron chi connectivity index (χ3n) is 3.92. The summed E-state index contributed by atoms with van der Waals surface area (Å²) in [6.45, 7) is 10.8. The van der Waals surface area contributed by atoms with Crippen molar-refractivity contribution in [2.45, 2.75) is 33.6 Å². The number of guanidine groups is 1. The number of nitrogens with zero attached hydrogens (tertiary/aromatic N) is 4. The zero-order chi connectivity index (χ0) is 18.1. The van der Waals surface area contributed by atoms with Crippen LogP contribution < -0.4 is 5.32 Å². The van der Waals surface area contributed by atoms with Gasteiger partial charge in [0.25, 0.3) is 0 Å². The first-order valence-corrected chi connectivity index (χ1v) is 9.88. The number of carbonyl (C=O) groups excluding carboxylic acids is 1. The molecule has 1 aliphatic heterocycles.